The first-order valence-electron chi connectivity index (χ1n) is 8.59. The molecular formula is C20H24N2O6. The molecular weight excluding hydrogens is 364 g/mol. The molecule has 1 amide bonds. The van der Waals surface area contributed by atoms with Gasteiger partial charge in [-0.2, -0.15) is 0 Å². The molecule has 0 heterocycles. The van der Waals surface area contributed by atoms with Gasteiger partial charge in [-0.3, -0.25) is 14.9 Å². The molecule has 0 aromatic heterocycles. The zero-order valence-corrected chi connectivity index (χ0v) is 16.6. The van der Waals surface area contributed by atoms with Gasteiger partial charge in [0.2, 0.25) is 0 Å². The highest BCUT2D eigenvalue weighted by Crippen LogP contribution is 2.32. The van der Waals surface area contributed by atoms with Gasteiger partial charge in [0.1, 0.15) is 5.75 Å². The lowest BCUT2D eigenvalue weighted by Gasteiger charge is -2.21. The van der Waals surface area contributed by atoms with Crippen molar-refractivity contribution in [2.45, 2.75) is 26.2 Å². The summed E-state index contributed by atoms with van der Waals surface area (Å²) in [5.74, 6) is 0.500. The fourth-order valence-electron chi connectivity index (χ4n) is 2.49. The Hall–Kier alpha value is -3.29. The summed E-state index contributed by atoms with van der Waals surface area (Å²) in [6.45, 7) is 5.86. The molecule has 0 spiro atoms. The van der Waals surface area contributed by atoms with Gasteiger partial charge in [0, 0.05) is 6.07 Å². The standard InChI is InChI=1S/C20H24N2O6/c1-20(2,3)13-6-8-16(26-4)15(10-13)21-19(23)12-28-18-11-14(22(24)25)7-9-17(18)27-5/h6-11H,12H2,1-5H3,(H,21,23). The third-order valence-corrected chi connectivity index (χ3v) is 4.06. The molecule has 0 atom stereocenters. The molecule has 2 rings (SSSR count). The van der Waals surface area contributed by atoms with Crippen LogP contribution in [0.4, 0.5) is 11.4 Å². The zero-order valence-electron chi connectivity index (χ0n) is 16.6. The van der Waals surface area contributed by atoms with E-state index in [0.717, 1.165) is 5.56 Å². The van der Waals surface area contributed by atoms with Crippen LogP contribution in [0.15, 0.2) is 36.4 Å². The van der Waals surface area contributed by atoms with E-state index in [0.29, 0.717) is 17.2 Å². The summed E-state index contributed by atoms with van der Waals surface area (Å²) >= 11 is 0. The third-order valence-electron chi connectivity index (χ3n) is 4.06. The summed E-state index contributed by atoms with van der Waals surface area (Å²) in [7, 11) is 2.93. The van der Waals surface area contributed by atoms with Crippen molar-refractivity contribution in [3.63, 3.8) is 0 Å². The minimum Gasteiger partial charge on any atom is -0.495 e. The zero-order chi connectivity index (χ0) is 20.9. The Morgan fingerprint density at radius 1 is 1.04 bits per heavy atom. The van der Waals surface area contributed by atoms with Crippen LogP contribution in [0.5, 0.6) is 17.2 Å². The number of anilines is 1. The van der Waals surface area contributed by atoms with Gasteiger partial charge in [0.15, 0.2) is 18.1 Å². The second-order valence-corrected chi connectivity index (χ2v) is 7.09. The molecule has 2 aromatic rings. The number of benzene rings is 2. The molecule has 0 aliphatic carbocycles. The van der Waals surface area contributed by atoms with Gasteiger partial charge in [0.25, 0.3) is 11.6 Å². The molecule has 8 nitrogen and oxygen atoms in total. The van der Waals surface area contributed by atoms with Crippen LogP contribution >= 0.6 is 0 Å². The van der Waals surface area contributed by atoms with Crippen molar-refractivity contribution in [2.75, 3.05) is 26.1 Å². The summed E-state index contributed by atoms with van der Waals surface area (Å²) in [4.78, 5) is 22.8. The average molecular weight is 388 g/mol. The molecule has 0 fully saturated rings. The molecule has 28 heavy (non-hydrogen) atoms. The molecule has 0 saturated heterocycles. The van der Waals surface area contributed by atoms with Crippen molar-refractivity contribution in [2.24, 2.45) is 0 Å². The van der Waals surface area contributed by atoms with Crippen molar-refractivity contribution in [3.8, 4) is 17.2 Å². The Kier molecular flexibility index (Phi) is 6.45. The van der Waals surface area contributed by atoms with Crippen molar-refractivity contribution < 1.29 is 23.9 Å². The fourth-order valence-corrected chi connectivity index (χ4v) is 2.49. The molecule has 0 bridgehead atoms. The van der Waals surface area contributed by atoms with E-state index >= 15 is 0 Å². The Morgan fingerprint density at radius 3 is 2.25 bits per heavy atom. The van der Waals surface area contributed by atoms with Crippen LogP contribution in [0.3, 0.4) is 0 Å². The first-order valence-corrected chi connectivity index (χ1v) is 8.59. The molecule has 150 valence electrons. The number of hydrogen-bond donors (Lipinski definition) is 1. The van der Waals surface area contributed by atoms with E-state index < -0.39 is 10.8 Å². The average Bonchev–Trinajstić information content (AvgIpc) is 2.65. The monoisotopic (exact) mass is 388 g/mol. The molecule has 1 N–H and O–H groups in total. The number of ether oxygens (including phenoxy) is 3. The van der Waals surface area contributed by atoms with Crippen molar-refractivity contribution >= 4 is 17.3 Å². The van der Waals surface area contributed by atoms with Crippen LogP contribution in [-0.2, 0) is 10.2 Å². The lowest BCUT2D eigenvalue weighted by atomic mass is 9.87. The summed E-state index contributed by atoms with van der Waals surface area (Å²) in [5.41, 5.74) is 1.30. The molecule has 0 aliphatic heterocycles. The van der Waals surface area contributed by atoms with E-state index in [-0.39, 0.29) is 23.5 Å². The number of amides is 1. The smallest absolute Gasteiger partial charge is 0.273 e. The van der Waals surface area contributed by atoms with E-state index in [1.807, 2.05) is 12.1 Å². The number of carbonyl (C=O) groups is 1. The number of non-ortho nitro benzene ring substituents is 1. The van der Waals surface area contributed by atoms with Crippen molar-refractivity contribution in [3.05, 3.63) is 52.1 Å². The van der Waals surface area contributed by atoms with E-state index in [1.54, 1.807) is 6.07 Å². The minimum atomic E-state index is -0.546. The van der Waals surface area contributed by atoms with E-state index in [9.17, 15) is 14.9 Å². The predicted molar refractivity (Wildman–Crippen MR) is 105 cm³/mol. The molecule has 0 saturated carbocycles. The van der Waals surface area contributed by atoms with E-state index in [4.69, 9.17) is 14.2 Å². The van der Waals surface area contributed by atoms with Gasteiger partial charge in [-0.25, -0.2) is 0 Å². The number of carbonyl (C=O) groups excluding carboxylic acids is 1. The summed E-state index contributed by atoms with van der Waals surface area (Å²) in [6.07, 6.45) is 0. The van der Waals surface area contributed by atoms with Gasteiger partial charge < -0.3 is 19.5 Å². The Morgan fingerprint density at radius 2 is 1.68 bits per heavy atom. The van der Waals surface area contributed by atoms with Crippen LogP contribution in [0, 0.1) is 10.1 Å². The number of nitrogens with zero attached hydrogens (tertiary/aromatic N) is 1. The molecule has 0 radical (unpaired) electrons. The van der Waals surface area contributed by atoms with Gasteiger partial charge in [-0.05, 0) is 29.2 Å². The van der Waals surface area contributed by atoms with Gasteiger partial charge in [-0.15, -0.1) is 0 Å². The minimum absolute atomic E-state index is 0.0986. The summed E-state index contributed by atoms with van der Waals surface area (Å²) in [6, 6.07) is 9.52. The normalized spacial score (nSPS) is 10.9. The third kappa shape index (κ3) is 5.12. The highest BCUT2D eigenvalue weighted by atomic mass is 16.6. The number of rotatable bonds is 7. The molecule has 2 aromatic carbocycles. The van der Waals surface area contributed by atoms with Crippen LogP contribution in [0.25, 0.3) is 0 Å². The SMILES string of the molecule is COc1ccc(C(C)(C)C)cc1NC(=O)COc1cc([N+](=O)[O-])ccc1OC. The number of nitro groups is 1. The molecule has 0 aliphatic rings. The lowest BCUT2D eigenvalue weighted by Crippen LogP contribution is -2.21. The predicted octanol–water partition coefficient (Wildman–Crippen LogP) is 3.93. The van der Waals surface area contributed by atoms with Crippen LogP contribution in [-0.4, -0.2) is 31.7 Å². The van der Waals surface area contributed by atoms with Crippen LogP contribution in [0.2, 0.25) is 0 Å². The Balaban J connectivity index is 2.15. The van der Waals surface area contributed by atoms with Gasteiger partial charge in [-0.1, -0.05) is 26.8 Å². The van der Waals surface area contributed by atoms with Crippen LogP contribution in [0.1, 0.15) is 26.3 Å². The Bertz CT molecular complexity index is 873. The largest absolute Gasteiger partial charge is 0.495 e. The van der Waals surface area contributed by atoms with Crippen molar-refractivity contribution in [1.29, 1.82) is 0 Å². The molecule has 0 unspecified atom stereocenters. The maximum Gasteiger partial charge on any atom is 0.273 e. The fraction of sp³-hybridized carbons (Fsp3) is 0.350. The molecule has 8 heteroatoms. The Labute approximate surface area is 163 Å². The number of hydrogen-bond acceptors (Lipinski definition) is 6. The van der Waals surface area contributed by atoms with Gasteiger partial charge in [0.05, 0.1) is 30.9 Å². The second-order valence-electron chi connectivity index (χ2n) is 7.09. The van der Waals surface area contributed by atoms with E-state index in [1.165, 1.54) is 32.4 Å². The first-order chi connectivity index (χ1) is 13.2. The maximum atomic E-state index is 12.4. The maximum absolute atomic E-state index is 12.4. The number of nitrogens with one attached hydrogen (secondary N) is 1. The summed E-state index contributed by atoms with van der Waals surface area (Å²) in [5, 5.41) is 13.7. The lowest BCUT2D eigenvalue weighted by molar-refractivity contribution is -0.385. The quantitative estimate of drug-likeness (QED) is 0.570. The van der Waals surface area contributed by atoms with Crippen molar-refractivity contribution in [1.82, 2.24) is 0 Å². The van der Waals surface area contributed by atoms with Crippen LogP contribution < -0.4 is 19.5 Å². The number of nitro benzene ring substituents is 1. The van der Waals surface area contributed by atoms with Gasteiger partial charge >= 0.3 is 0 Å². The highest BCUT2D eigenvalue weighted by Gasteiger charge is 2.18. The number of methoxy groups -OCH3 is 2. The first kappa shape index (κ1) is 21.0. The summed E-state index contributed by atoms with van der Waals surface area (Å²) < 4.78 is 15.9. The topological polar surface area (TPSA) is 99.9 Å². The second kappa shape index (κ2) is 8.60. The highest BCUT2D eigenvalue weighted by molar-refractivity contribution is 5.93. The van der Waals surface area contributed by atoms with E-state index in [2.05, 4.69) is 26.1 Å².